The van der Waals surface area contributed by atoms with Crippen molar-refractivity contribution in [1.29, 1.82) is 0 Å². The van der Waals surface area contributed by atoms with Crippen LogP contribution < -0.4 is 5.11 Å². The Morgan fingerprint density at radius 1 is 1.15 bits per heavy atom. The Labute approximate surface area is 164 Å². The zero-order valence-corrected chi connectivity index (χ0v) is 17.4. The average molecular weight is 384 g/mol. The number of carboxylic acids is 1. The molecule has 156 valence electrons. The van der Waals surface area contributed by atoms with Crippen molar-refractivity contribution in [3.05, 3.63) is 24.3 Å². The van der Waals surface area contributed by atoms with Gasteiger partial charge in [-0.2, -0.15) is 0 Å². The highest BCUT2D eigenvalue weighted by Gasteiger charge is 2.22. The van der Waals surface area contributed by atoms with Crippen LogP contribution in [0.5, 0.6) is 0 Å². The number of aliphatic hydroxyl groups is 1. The van der Waals surface area contributed by atoms with Gasteiger partial charge in [-0.05, 0) is 25.7 Å². The molecule has 6 nitrogen and oxygen atoms in total. The first kappa shape index (κ1) is 25.3. The number of likely N-dealkylation sites (N-methyl/N-ethyl adjacent to an activating group) is 1. The Hall–Kier alpha value is -1.66. The fourth-order valence-electron chi connectivity index (χ4n) is 2.59. The smallest absolute Gasteiger partial charge is 0.306 e. The number of nitrogens with zero attached hydrogens (tertiary/aromatic N) is 1. The molecule has 0 amide bonds. The van der Waals surface area contributed by atoms with E-state index in [4.69, 9.17) is 4.74 Å². The SMILES string of the molecule is CCCCC/C=C/C=C/CC(O)CCC(=O)OC(CC(=O)[O-])C[N+](C)(C)C. The largest absolute Gasteiger partial charge is 0.550 e. The average Bonchev–Trinajstić information content (AvgIpc) is 2.53. The number of aliphatic carboxylic acids is 1. The topological polar surface area (TPSA) is 86.7 Å². The van der Waals surface area contributed by atoms with Gasteiger partial charge in [0.25, 0.3) is 0 Å². The van der Waals surface area contributed by atoms with E-state index in [0.29, 0.717) is 17.4 Å². The highest BCUT2D eigenvalue weighted by molar-refractivity contribution is 5.71. The molecule has 0 aromatic heterocycles. The first-order chi connectivity index (χ1) is 12.6. The number of esters is 1. The second-order valence-corrected chi connectivity index (χ2v) is 7.94. The van der Waals surface area contributed by atoms with Crippen molar-refractivity contribution in [3.8, 4) is 0 Å². The first-order valence-electron chi connectivity index (χ1n) is 9.83. The second kappa shape index (κ2) is 14.4. The number of aliphatic hydroxyl groups excluding tert-OH is 1. The fourth-order valence-corrected chi connectivity index (χ4v) is 2.59. The maximum absolute atomic E-state index is 11.9. The predicted molar refractivity (Wildman–Crippen MR) is 105 cm³/mol. The molecule has 0 fully saturated rings. The number of allylic oxidation sites excluding steroid dienone is 3. The summed E-state index contributed by atoms with van der Waals surface area (Å²) in [5.41, 5.74) is 0. The monoisotopic (exact) mass is 383 g/mol. The Bertz CT molecular complexity index is 479. The molecule has 0 aliphatic carbocycles. The molecule has 0 bridgehead atoms. The Balaban J connectivity index is 4.14. The number of hydrogen-bond acceptors (Lipinski definition) is 5. The van der Waals surface area contributed by atoms with Gasteiger partial charge in [0.1, 0.15) is 6.54 Å². The van der Waals surface area contributed by atoms with Crippen LogP contribution in [0.2, 0.25) is 0 Å². The lowest BCUT2D eigenvalue weighted by atomic mass is 10.1. The molecule has 6 heteroatoms. The van der Waals surface area contributed by atoms with Gasteiger partial charge >= 0.3 is 5.97 Å². The molecule has 0 aromatic carbocycles. The van der Waals surface area contributed by atoms with Gasteiger partial charge in [0.15, 0.2) is 6.10 Å². The van der Waals surface area contributed by atoms with Gasteiger partial charge < -0.3 is 24.2 Å². The highest BCUT2D eigenvalue weighted by Crippen LogP contribution is 2.09. The minimum absolute atomic E-state index is 0.0581. The summed E-state index contributed by atoms with van der Waals surface area (Å²) in [7, 11) is 5.68. The van der Waals surface area contributed by atoms with Crippen molar-refractivity contribution in [2.75, 3.05) is 27.7 Å². The molecule has 0 heterocycles. The molecule has 0 aliphatic rings. The van der Waals surface area contributed by atoms with E-state index in [1.54, 1.807) is 0 Å². The number of rotatable bonds is 15. The summed E-state index contributed by atoms with van der Waals surface area (Å²) in [4.78, 5) is 22.8. The molecule has 1 N–H and O–H groups in total. The van der Waals surface area contributed by atoms with Crippen LogP contribution in [0.25, 0.3) is 0 Å². The van der Waals surface area contributed by atoms with E-state index in [-0.39, 0.29) is 19.3 Å². The van der Waals surface area contributed by atoms with Crippen molar-refractivity contribution in [2.24, 2.45) is 0 Å². The van der Waals surface area contributed by atoms with Crippen LogP contribution in [0.15, 0.2) is 24.3 Å². The summed E-state index contributed by atoms with van der Waals surface area (Å²) in [5, 5.41) is 20.8. The van der Waals surface area contributed by atoms with Crippen LogP contribution in [0.4, 0.5) is 0 Å². The van der Waals surface area contributed by atoms with Crippen molar-refractivity contribution in [1.82, 2.24) is 0 Å². The van der Waals surface area contributed by atoms with E-state index < -0.39 is 24.1 Å². The lowest BCUT2D eigenvalue weighted by Crippen LogP contribution is -2.45. The molecule has 27 heavy (non-hydrogen) atoms. The van der Waals surface area contributed by atoms with Crippen LogP contribution in [0, 0.1) is 0 Å². The number of carboxylic acid groups (broad SMARTS) is 1. The summed E-state index contributed by atoms with van der Waals surface area (Å²) in [6, 6.07) is 0. The Morgan fingerprint density at radius 3 is 2.41 bits per heavy atom. The highest BCUT2D eigenvalue weighted by atomic mass is 16.5. The zero-order chi connectivity index (χ0) is 20.7. The van der Waals surface area contributed by atoms with Crippen molar-refractivity contribution in [2.45, 2.75) is 70.5 Å². The fraction of sp³-hybridized carbons (Fsp3) is 0.714. The molecule has 0 saturated carbocycles. The predicted octanol–water partition coefficient (Wildman–Crippen LogP) is 1.97. The Morgan fingerprint density at radius 2 is 1.81 bits per heavy atom. The zero-order valence-electron chi connectivity index (χ0n) is 17.4. The van der Waals surface area contributed by atoms with Gasteiger partial charge in [-0.15, -0.1) is 0 Å². The van der Waals surface area contributed by atoms with Crippen LogP contribution >= 0.6 is 0 Å². The molecule has 0 radical (unpaired) electrons. The summed E-state index contributed by atoms with van der Waals surface area (Å²) >= 11 is 0. The lowest BCUT2D eigenvalue weighted by Gasteiger charge is -2.29. The maximum Gasteiger partial charge on any atom is 0.306 e. The van der Waals surface area contributed by atoms with Crippen molar-refractivity contribution >= 4 is 11.9 Å². The minimum atomic E-state index is -1.24. The minimum Gasteiger partial charge on any atom is -0.550 e. The van der Waals surface area contributed by atoms with Crippen LogP contribution in [0.3, 0.4) is 0 Å². The third-order valence-corrected chi connectivity index (χ3v) is 3.89. The maximum atomic E-state index is 11.9. The number of carbonyl (C=O) groups excluding carboxylic acids is 2. The molecule has 2 unspecified atom stereocenters. The number of ether oxygens (including phenoxy) is 1. The summed E-state index contributed by atoms with van der Waals surface area (Å²) in [6.07, 6.45) is 11.7. The van der Waals surface area contributed by atoms with E-state index in [1.807, 2.05) is 39.4 Å². The molecule has 0 saturated heterocycles. The van der Waals surface area contributed by atoms with Crippen molar-refractivity contribution in [3.63, 3.8) is 0 Å². The first-order valence-corrected chi connectivity index (χ1v) is 9.83. The molecular weight excluding hydrogens is 346 g/mol. The molecule has 0 aromatic rings. The summed E-state index contributed by atoms with van der Waals surface area (Å²) < 4.78 is 5.74. The molecule has 0 rings (SSSR count). The third-order valence-electron chi connectivity index (χ3n) is 3.89. The summed E-state index contributed by atoms with van der Waals surface area (Å²) in [5.74, 6) is -1.73. The van der Waals surface area contributed by atoms with E-state index in [0.717, 1.165) is 6.42 Å². The van der Waals surface area contributed by atoms with Gasteiger partial charge in [-0.3, -0.25) is 4.79 Å². The van der Waals surface area contributed by atoms with Crippen LogP contribution in [0.1, 0.15) is 58.3 Å². The van der Waals surface area contributed by atoms with Crippen LogP contribution in [-0.2, 0) is 14.3 Å². The number of hydrogen-bond donors (Lipinski definition) is 1. The van der Waals surface area contributed by atoms with Crippen molar-refractivity contribution < 1.29 is 29.0 Å². The molecule has 2 atom stereocenters. The number of unbranched alkanes of at least 4 members (excludes halogenated alkanes) is 3. The summed E-state index contributed by atoms with van der Waals surface area (Å²) in [6.45, 7) is 2.56. The quantitative estimate of drug-likeness (QED) is 0.202. The van der Waals surface area contributed by atoms with E-state index in [9.17, 15) is 19.8 Å². The van der Waals surface area contributed by atoms with Gasteiger partial charge in [-0.25, -0.2) is 0 Å². The van der Waals surface area contributed by atoms with Gasteiger partial charge in [0.2, 0.25) is 0 Å². The van der Waals surface area contributed by atoms with Gasteiger partial charge in [0, 0.05) is 18.8 Å². The van der Waals surface area contributed by atoms with Gasteiger partial charge in [0.05, 0.1) is 27.2 Å². The van der Waals surface area contributed by atoms with E-state index in [1.165, 1.54) is 19.3 Å². The third kappa shape index (κ3) is 17.5. The van der Waals surface area contributed by atoms with Gasteiger partial charge in [-0.1, -0.05) is 44.1 Å². The Kier molecular flexibility index (Phi) is 13.5. The molecule has 0 spiro atoms. The van der Waals surface area contributed by atoms with E-state index >= 15 is 0 Å². The standard InChI is InChI=1S/C21H37NO5/c1-5-6-7-8-9-10-11-12-13-18(23)14-15-21(26)27-19(16-20(24)25)17-22(2,3)4/h9-12,18-19,23H,5-8,13-17H2,1-4H3/b10-9+,12-11+. The molecular formula is C21H37NO5. The number of quaternary nitrogens is 1. The number of carbonyl (C=O) groups is 2. The normalized spacial score (nSPS) is 14.6. The van der Waals surface area contributed by atoms with Crippen LogP contribution in [-0.4, -0.2) is 61.4 Å². The van der Waals surface area contributed by atoms with E-state index in [2.05, 4.69) is 13.0 Å². The lowest BCUT2D eigenvalue weighted by molar-refractivity contribution is -0.873. The second-order valence-electron chi connectivity index (χ2n) is 7.94. The molecule has 0 aliphatic heterocycles.